The van der Waals surface area contributed by atoms with Crippen LogP contribution in [0.1, 0.15) is 25.4 Å². The second-order valence-corrected chi connectivity index (χ2v) is 5.95. The van der Waals surface area contributed by atoms with Crippen molar-refractivity contribution in [3.05, 3.63) is 72.2 Å². The molecular formula is C22H22N2O3. The quantitative estimate of drug-likeness (QED) is 0.538. The molecule has 0 bridgehead atoms. The highest BCUT2D eigenvalue weighted by molar-refractivity contribution is 6.01. The van der Waals surface area contributed by atoms with E-state index in [9.17, 15) is 0 Å². The molecule has 1 aromatic heterocycles. The van der Waals surface area contributed by atoms with Gasteiger partial charge in [0.2, 0.25) is 0 Å². The number of nitrogens with zero attached hydrogens (tertiary/aromatic N) is 2. The first kappa shape index (κ1) is 18.5. The molecular weight excluding hydrogens is 340 g/mol. The lowest BCUT2D eigenvalue weighted by Gasteiger charge is -2.02. The smallest absolute Gasteiger partial charge is 0.148 e. The molecule has 0 N–H and O–H groups in total. The van der Waals surface area contributed by atoms with Crippen LogP contribution in [0.2, 0.25) is 0 Å². The first-order chi connectivity index (χ1) is 13.1. The molecule has 0 radical (unpaired) electrons. The molecule has 3 aromatic rings. The van der Waals surface area contributed by atoms with Crippen molar-refractivity contribution in [2.24, 2.45) is 9.98 Å². The minimum absolute atomic E-state index is 0.713. The summed E-state index contributed by atoms with van der Waals surface area (Å²) in [6.07, 6.45) is 0. The van der Waals surface area contributed by atoms with Crippen LogP contribution >= 0.6 is 0 Å². The summed E-state index contributed by atoms with van der Waals surface area (Å²) in [5.74, 6) is 3.03. The molecule has 27 heavy (non-hydrogen) atoms. The lowest BCUT2D eigenvalue weighted by atomic mass is 10.2. The van der Waals surface area contributed by atoms with Crippen LogP contribution in [0.15, 0.2) is 75.1 Å². The van der Waals surface area contributed by atoms with Crippen LogP contribution < -0.4 is 9.47 Å². The van der Waals surface area contributed by atoms with Crippen molar-refractivity contribution in [1.82, 2.24) is 0 Å². The molecule has 0 spiro atoms. The van der Waals surface area contributed by atoms with Crippen molar-refractivity contribution in [2.45, 2.75) is 13.8 Å². The Hall–Kier alpha value is -3.34. The summed E-state index contributed by atoms with van der Waals surface area (Å²) >= 11 is 0. The minimum Gasteiger partial charge on any atom is -0.497 e. The third kappa shape index (κ3) is 4.64. The number of aliphatic imine (C=N–C) groups is 2. The van der Waals surface area contributed by atoms with Crippen molar-refractivity contribution in [2.75, 3.05) is 14.2 Å². The third-order valence-corrected chi connectivity index (χ3v) is 4.06. The molecule has 0 saturated carbocycles. The molecule has 0 saturated heterocycles. The Kier molecular flexibility index (Phi) is 5.71. The Morgan fingerprint density at radius 1 is 0.630 bits per heavy atom. The Balaban J connectivity index is 1.77. The summed E-state index contributed by atoms with van der Waals surface area (Å²) in [4.78, 5) is 9.19. The molecule has 0 aliphatic carbocycles. The molecule has 1 heterocycles. The standard InChI is InChI=1S/C22H22N2O3/c1-15(23-17-5-9-19(25-3)10-6-17)21-13-14-22(27-21)16(2)24-18-7-11-20(26-4)12-8-18/h5-14H,1-4H3. The molecule has 0 fully saturated rings. The largest absolute Gasteiger partial charge is 0.497 e. The summed E-state index contributed by atoms with van der Waals surface area (Å²) in [5.41, 5.74) is 3.28. The number of furan rings is 1. The topological polar surface area (TPSA) is 56.3 Å². The molecule has 5 nitrogen and oxygen atoms in total. The van der Waals surface area contributed by atoms with Gasteiger partial charge < -0.3 is 13.9 Å². The highest BCUT2D eigenvalue weighted by Crippen LogP contribution is 2.21. The van der Waals surface area contributed by atoms with E-state index in [1.807, 2.05) is 74.5 Å². The van der Waals surface area contributed by atoms with Gasteiger partial charge in [-0.15, -0.1) is 0 Å². The number of hydrogen-bond donors (Lipinski definition) is 0. The van der Waals surface area contributed by atoms with Gasteiger partial charge in [-0.3, -0.25) is 0 Å². The summed E-state index contributed by atoms with van der Waals surface area (Å²) in [6, 6.07) is 19.0. The zero-order valence-corrected chi connectivity index (χ0v) is 15.9. The fraction of sp³-hybridized carbons (Fsp3) is 0.182. The van der Waals surface area contributed by atoms with E-state index in [1.165, 1.54) is 0 Å². The second-order valence-electron chi connectivity index (χ2n) is 5.95. The van der Waals surface area contributed by atoms with Crippen molar-refractivity contribution in [1.29, 1.82) is 0 Å². The predicted octanol–water partition coefficient (Wildman–Crippen LogP) is 5.58. The van der Waals surface area contributed by atoms with E-state index in [1.54, 1.807) is 14.2 Å². The molecule has 0 aliphatic rings. The van der Waals surface area contributed by atoms with E-state index in [4.69, 9.17) is 13.9 Å². The normalized spacial score (nSPS) is 12.1. The number of hydrogen-bond acceptors (Lipinski definition) is 5. The maximum absolute atomic E-state index is 5.93. The maximum Gasteiger partial charge on any atom is 0.148 e. The minimum atomic E-state index is 0.713. The lowest BCUT2D eigenvalue weighted by molar-refractivity contribution is 0.415. The van der Waals surface area contributed by atoms with Gasteiger partial charge in [0.15, 0.2) is 0 Å². The predicted molar refractivity (Wildman–Crippen MR) is 108 cm³/mol. The van der Waals surface area contributed by atoms with Crippen LogP contribution in [0.25, 0.3) is 0 Å². The molecule has 5 heteroatoms. The molecule has 138 valence electrons. The van der Waals surface area contributed by atoms with Gasteiger partial charge in [-0.1, -0.05) is 0 Å². The van der Waals surface area contributed by atoms with Crippen molar-refractivity contribution in [3.63, 3.8) is 0 Å². The van der Waals surface area contributed by atoms with Crippen LogP contribution in [-0.4, -0.2) is 25.6 Å². The van der Waals surface area contributed by atoms with Gasteiger partial charge in [0.1, 0.15) is 23.0 Å². The van der Waals surface area contributed by atoms with Crippen molar-refractivity contribution < 1.29 is 13.9 Å². The monoisotopic (exact) mass is 362 g/mol. The average molecular weight is 362 g/mol. The SMILES string of the molecule is COc1ccc(N=C(C)c2ccc(C(C)=Nc3ccc(OC)cc3)o2)cc1. The summed E-state index contributed by atoms with van der Waals surface area (Å²) in [5, 5.41) is 0. The van der Waals surface area contributed by atoms with Crippen LogP contribution in [0, 0.1) is 0 Å². The van der Waals surface area contributed by atoms with Crippen LogP contribution in [0.5, 0.6) is 11.5 Å². The Labute approximate surface area is 159 Å². The van der Waals surface area contributed by atoms with E-state index < -0.39 is 0 Å². The van der Waals surface area contributed by atoms with Crippen molar-refractivity contribution in [3.8, 4) is 11.5 Å². The zero-order chi connectivity index (χ0) is 19.2. The molecule has 3 rings (SSSR count). The fourth-order valence-electron chi connectivity index (χ4n) is 2.54. The van der Waals surface area contributed by atoms with Gasteiger partial charge in [-0.25, -0.2) is 9.98 Å². The highest BCUT2D eigenvalue weighted by atomic mass is 16.5. The average Bonchev–Trinajstić information content (AvgIpc) is 3.20. The zero-order valence-electron chi connectivity index (χ0n) is 15.9. The van der Waals surface area contributed by atoms with Gasteiger partial charge >= 0.3 is 0 Å². The number of benzene rings is 2. The van der Waals surface area contributed by atoms with Crippen LogP contribution in [0.3, 0.4) is 0 Å². The molecule has 0 atom stereocenters. The van der Waals surface area contributed by atoms with Crippen LogP contribution in [0.4, 0.5) is 11.4 Å². The Bertz CT molecular complexity index is 874. The summed E-state index contributed by atoms with van der Waals surface area (Å²) < 4.78 is 16.3. The van der Waals surface area contributed by atoms with Gasteiger partial charge in [0.05, 0.1) is 37.0 Å². The van der Waals surface area contributed by atoms with E-state index in [0.29, 0.717) is 11.5 Å². The fourth-order valence-corrected chi connectivity index (χ4v) is 2.54. The van der Waals surface area contributed by atoms with E-state index in [-0.39, 0.29) is 0 Å². The lowest BCUT2D eigenvalue weighted by Crippen LogP contribution is -1.93. The maximum atomic E-state index is 5.93. The van der Waals surface area contributed by atoms with Crippen LogP contribution in [-0.2, 0) is 0 Å². The van der Waals surface area contributed by atoms with Gasteiger partial charge in [0, 0.05) is 0 Å². The first-order valence-electron chi connectivity index (χ1n) is 8.58. The Morgan fingerprint density at radius 3 is 1.33 bits per heavy atom. The van der Waals surface area contributed by atoms with Gasteiger partial charge in [-0.2, -0.15) is 0 Å². The van der Waals surface area contributed by atoms with E-state index >= 15 is 0 Å². The summed E-state index contributed by atoms with van der Waals surface area (Å²) in [7, 11) is 3.29. The van der Waals surface area contributed by atoms with E-state index in [0.717, 1.165) is 34.3 Å². The molecule has 0 unspecified atom stereocenters. The van der Waals surface area contributed by atoms with Gasteiger partial charge in [-0.05, 0) is 74.5 Å². The molecule has 0 amide bonds. The third-order valence-electron chi connectivity index (χ3n) is 4.06. The number of rotatable bonds is 6. The number of methoxy groups -OCH3 is 2. The highest BCUT2D eigenvalue weighted by Gasteiger charge is 2.08. The second kappa shape index (κ2) is 8.36. The Morgan fingerprint density at radius 2 is 1.00 bits per heavy atom. The van der Waals surface area contributed by atoms with E-state index in [2.05, 4.69) is 9.98 Å². The number of ether oxygens (including phenoxy) is 2. The van der Waals surface area contributed by atoms with Gasteiger partial charge in [0.25, 0.3) is 0 Å². The first-order valence-corrected chi connectivity index (χ1v) is 8.58. The molecule has 2 aromatic carbocycles. The summed E-state index contributed by atoms with van der Waals surface area (Å²) in [6.45, 7) is 3.84. The van der Waals surface area contributed by atoms with Crippen molar-refractivity contribution >= 4 is 22.8 Å². The molecule has 0 aliphatic heterocycles.